The summed E-state index contributed by atoms with van der Waals surface area (Å²) in [5.41, 5.74) is 2.76. The Balaban J connectivity index is 2.21. The zero-order chi connectivity index (χ0) is 17.7. The first-order valence-electron chi connectivity index (χ1n) is 8.09. The van der Waals surface area contributed by atoms with Crippen LogP contribution < -0.4 is 5.32 Å². The quantitative estimate of drug-likeness (QED) is 0.913. The van der Waals surface area contributed by atoms with Crippen molar-refractivity contribution in [3.05, 3.63) is 53.9 Å². The average molecular weight is 321 g/mol. The van der Waals surface area contributed by atoms with Crippen LogP contribution in [0.4, 0.5) is 0 Å². The molecular weight excluding hydrogens is 298 g/mol. The molecular formula is C20H23N3O. The first-order valence-corrected chi connectivity index (χ1v) is 8.09. The van der Waals surface area contributed by atoms with Crippen LogP contribution >= 0.6 is 0 Å². The zero-order valence-electron chi connectivity index (χ0n) is 14.6. The number of nitrogens with one attached hydrogen (secondary N) is 1. The van der Waals surface area contributed by atoms with E-state index in [1.54, 1.807) is 12.4 Å². The van der Waals surface area contributed by atoms with Crippen LogP contribution in [0.2, 0.25) is 0 Å². The molecule has 4 heteroatoms. The molecule has 1 amide bonds. The molecule has 0 radical (unpaired) electrons. The molecule has 0 aliphatic heterocycles. The van der Waals surface area contributed by atoms with Crippen molar-refractivity contribution in [2.45, 2.75) is 33.1 Å². The number of aromatic nitrogens is 1. The summed E-state index contributed by atoms with van der Waals surface area (Å²) in [4.78, 5) is 16.5. The van der Waals surface area contributed by atoms with E-state index in [0.29, 0.717) is 18.0 Å². The van der Waals surface area contributed by atoms with Crippen LogP contribution in [0.1, 0.15) is 38.8 Å². The SMILES string of the molecule is CC(C)CNC(=O)C(C)(C)c1ccc(-c2cncc(C#N)c2)cc1. The van der Waals surface area contributed by atoms with Crippen LogP contribution in [0.15, 0.2) is 42.7 Å². The number of pyridine rings is 1. The summed E-state index contributed by atoms with van der Waals surface area (Å²) in [7, 11) is 0. The van der Waals surface area contributed by atoms with Crippen molar-refractivity contribution in [1.29, 1.82) is 5.26 Å². The predicted molar refractivity (Wildman–Crippen MR) is 95.3 cm³/mol. The summed E-state index contributed by atoms with van der Waals surface area (Å²) in [6.07, 6.45) is 3.27. The molecule has 0 aliphatic carbocycles. The van der Waals surface area contributed by atoms with Crippen LogP contribution in [-0.4, -0.2) is 17.4 Å². The second kappa shape index (κ2) is 7.27. The molecule has 0 spiro atoms. The van der Waals surface area contributed by atoms with Gasteiger partial charge in [-0.15, -0.1) is 0 Å². The van der Waals surface area contributed by atoms with Gasteiger partial charge in [0.2, 0.25) is 5.91 Å². The fraction of sp³-hybridized carbons (Fsp3) is 0.350. The number of hydrogen-bond donors (Lipinski definition) is 1. The van der Waals surface area contributed by atoms with Crippen LogP contribution in [0.25, 0.3) is 11.1 Å². The first kappa shape index (κ1) is 17.7. The van der Waals surface area contributed by atoms with Crippen molar-refractivity contribution in [1.82, 2.24) is 10.3 Å². The van der Waals surface area contributed by atoms with E-state index in [-0.39, 0.29) is 5.91 Å². The second-order valence-electron chi connectivity index (χ2n) is 6.88. The van der Waals surface area contributed by atoms with Gasteiger partial charge in [-0.1, -0.05) is 38.1 Å². The summed E-state index contributed by atoms with van der Waals surface area (Å²) in [6.45, 7) is 8.68. The number of nitriles is 1. The molecule has 2 aromatic rings. The average Bonchev–Trinajstić information content (AvgIpc) is 2.59. The van der Waals surface area contributed by atoms with Gasteiger partial charge in [-0.05, 0) is 37.0 Å². The third-order valence-corrected chi connectivity index (χ3v) is 4.05. The van der Waals surface area contributed by atoms with Gasteiger partial charge in [-0.2, -0.15) is 5.26 Å². The van der Waals surface area contributed by atoms with Gasteiger partial charge in [0.25, 0.3) is 0 Å². The highest BCUT2D eigenvalue weighted by Crippen LogP contribution is 2.27. The van der Waals surface area contributed by atoms with E-state index in [1.165, 1.54) is 0 Å². The molecule has 1 aromatic carbocycles. The topological polar surface area (TPSA) is 65.8 Å². The summed E-state index contributed by atoms with van der Waals surface area (Å²) in [6, 6.07) is 11.8. The molecule has 1 aromatic heterocycles. The third kappa shape index (κ3) is 3.99. The molecule has 0 bridgehead atoms. The normalized spacial score (nSPS) is 11.2. The smallest absolute Gasteiger partial charge is 0.230 e. The summed E-state index contributed by atoms with van der Waals surface area (Å²) < 4.78 is 0. The van der Waals surface area contributed by atoms with Gasteiger partial charge >= 0.3 is 0 Å². The van der Waals surface area contributed by atoms with Gasteiger partial charge in [0.05, 0.1) is 11.0 Å². The minimum atomic E-state index is -0.597. The zero-order valence-corrected chi connectivity index (χ0v) is 14.6. The Labute approximate surface area is 143 Å². The summed E-state index contributed by atoms with van der Waals surface area (Å²) in [5.74, 6) is 0.448. The van der Waals surface area contributed by atoms with Crippen molar-refractivity contribution in [3.8, 4) is 17.2 Å². The Morgan fingerprint density at radius 1 is 1.21 bits per heavy atom. The third-order valence-electron chi connectivity index (χ3n) is 4.05. The Morgan fingerprint density at radius 3 is 2.46 bits per heavy atom. The van der Waals surface area contributed by atoms with Crippen molar-refractivity contribution >= 4 is 5.91 Å². The van der Waals surface area contributed by atoms with Gasteiger partial charge in [-0.3, -0.25) is 9.78 Å². The van der Waals surface area contributed by atoms with Gasteiger partial charge in [0.1, 0.15) is 6.07 Å². The lowest BCUT2D eigenvalue weighted by Gasteiger charge is -2.25. The lowest BCUT2D eigenvalue weighted by atomic mass is 9.83. The van der Waals surface area contributed by atoms with Gasteiger partial charge in [-0.25, -0.2) is 0 Å². The molecule has 0 unspecified atom stereocenters. The lowest BCUT2D eigenvalue weighted by molar-refractivity contribution is -0.125. The van der Waals surface area contributed by atoms with Gasteiger partial charge in [0, 0.05) is 24.5 Å². The van der Waals surface area contributed by atoms with E-state index < -0.39 is 5.41 Å². The van der Waals surface area contributed by atoms with E-state index in [2.05, 4.69) is 30.2 Å². The highest BCUT2D eigenvalue weighted by molar-refractivity contribution is 5.87. The van der Waals surface area contributed by atoms with E-state index in [1.807, 2.05) is 44.2 Å². The molecule has 1 N–H and O–H groups in total. The van der Waals surface area contributed by atoms with Crippen molar-refractivity contribution < 1.29 is 4.79 Å². The molecule has 0 aliphatic rings. The molecule has 0 atom stereocenters. The van der Waals surface area contributed by atoms with E-state index in [9.17, 15) is 4.79 Å². The predicted octanol–water partition coefficient (Wildman–Crippen LogP) is 3.67. The number of hydrogen-bond acceptors (Lipinski definition) is 3. The maximum absolute atomic E-state index is 12.5. The maximum Gasteiger partial charge on any atom is 0.230 e. The van der Waals surface area contributed by atoms with Crippen LogP contribution in [0.3, 0.4) is 0 Å². The molecule has 124 valence electrons. The Bertz CT molecular complexity index is 755. The molecule has 1 heterocycles. The van der Waals surface area contributed by atoms with E-state index in [0.717, 1.165) is 16.7 Å². The molecule has 2 rings (SSSR count). The van der Waals surface area contributed by atoms with Crippen LogP contribution in [-0.2, 0) is 10.2 Å². The maximum atomic E-state index is 12.5. The molecule has 4 nitrogen and oxygen atoms in total. The Hall–Kier alpha value is -2.67. The number of amides is 1. The summed E-state index contributed by atoms with van der Waals surface area (Å²) >= 11 is 0. The second-order valence-corrected chi connectivity index (χ2v) is 6.88. The van der Waals surface area contributed by atoms with Crippen LogP contribution in [0.5, 0.6) is 0 Å². The molecule has 24 heavy (non-hydrogen) atoms. The minimum absolute atomic E-state index is 0.0251. The number of carbonyl (C=O) groups is 1. The van der Waals surface area contributed by atoms with E-state index >= 15 is 0 Å². The van der Waals surface area contributed by atoms with Crippen molar-refractivity contribution in [2.75, 3.05) is 6.54 Å². The standard InChI is InChI=1S/C20H23N3O/c1-14(2)11-23-19(24)20(3,4)18-7-5-16(6-8-18)17-9-15(10-21)12-22-13-17/h5-9,12-14H,11H2,1-4H3,(H,23,24). The molecule has 0 fully saturated rings. The van der Waals surface area contributed by atoms with Gasteiger partial charge < -0.3 is 5.32 Å². The van der Waals surface area contributed by atoms with Crippen LogP contribution in [0, 0.1) is 17.2 Å². The lowest BCUT2D eigenvalue weighted by Crippen LogP contribution is -2.41. The van der Waals surface area contributed by atoms with Crippen molar-refractivity contribution in [3.63, 3.8) is 0 Å². The first-order chi connectivity index (χ1) is 11.3. The minimum Gasteiger partial charge on any atom is -0.355 e. The highest BCUT2D eigenvalue weighted by atomic mass is 16.2. The highest BCUT2D eigenvalue weighted by Gasteiger charge is 2.29. The molecule has 0 saturated carbocycles. The van der Waals surface area contributed by atoms with Crippen molar-refractivity contribution in [2.24, 2.45) is 5.92 Å². The number of carbonyl (C=O) groups excluding carboxylic acids is 1. The fourth-order valence-corrected chi connectivity index (χ4v) is 2.39. The fourth-order valence-electron chi connectivity index (χ4n) is 2.39. The molecule has 0 saturated heterocycles. The number of nitrogens with zero attached hydrogens (tertiary/aromatic N) is 2. The Morgan fingerprint density at radius 2 is 1.88 bits per heavy atom. The monoisotopic (exact) mass is 321 g/mol. The Kier molecular flexibility index (Phi) is 5.35. The largest absolute Gasteiger partial charge is 0.355 e. The number of rotatable bonds is 5. The van der Waals surface area contributed by atoms with Gasteiger partial charge in [0.15, 0.2) is 0 Å². The van der Waals surface area contributed by atoms with E-state index in [4.69, 9.17) is 5.26 Å². The summed E-state index contributed by atoms with van der Waals surface area (Å²) in [5, 5.41) is 12.0. The number of benzene rings is 1.